The van der Waals surface area contributed by atoms with Crippen LogP contribution in [0, 0.1) is 0 Å². The first-order valence-corrected chi connectivity index (χ1v) is 7.98. The Kier molecular flexibility index (Phi) is 4.92. The number of carboxylic acid groups (broad SMARTS) is 1. The molecule has 0 saturated carbocycles. The van der Waals surface area contributed by atoms with E-state index in [-0.39, 0.29) is 0 Å². The van der Waals surface area contributed by atoms with Gasteiger partial charge in [0.1, 0.15) is 24.1 Å². The maximum atomic E-state index is 11.9. The molecule has 0 amide bonds. The largest absolute Gasteiger partial charge is 0.497 e. The molecule has 1 aliphatic heterocycles. The predicted octanol–water partition coefficient (Wildman–Crippen LogP) is 3.37. The number of methoxy groups -OCH3 is 1. The van der Waals surface area contributed by atoms with E-state index in [1.54, 1.807) is 37.4 Å². The number of carbonyl (C=O) groups is 1. The van der Waals surface area contributed by atoms with Crippen molar-refractivity contribution in [3.8, 4) is 11.5 Å². The number of nitrogens with zero attached hydrogens (tertiary/aromatic N) is 1. The third kappa shape index (κ3) is 3.47. The summed E-state index contributed by atoms with van der Waals surface area (Å²) in [4.78, 5) is 13.8. The number of ether oxygens (including phenoxy) is 2. The van der Waals surface area contributed by atoms with E-state index in [1.165, 1.54) is 0 Å². The van der Waals surface area contributed by atoms with E-state index >= 15 is 0 Å². The topological polar surface area (TPSA) is 59.0 Å². The van der Waals surface area contributed by atoms with E-state index in [2.05, 4.69) is 0 Å². The van der Waals surface area contributed by atoms with Crippen LogP contribution in [0.15, 0.2) is 42.5 Å². The lowest BCUT2D eigenvalue weighted by Gasteiger charge is -2.27. The Morgan fingerprint density at radius 2 is 2.17 bits per heavy atom. The Bertz CT molecular complexity index is 750. The van der Waals surface area contributed by atoms with E-state index < -0.39 is 12.0 Å². The van der Waals surface area contributed by atoms with Crippen LogP contribution >= 0.6 is 11.6 Å². The van der Waals surface area contributed by atoms with Gasteiger partial charge in [-0.2, -0.15) is 0 Å². The molecule has 0 aromatic heterocycles. The summed E-state index contributed by atoms with van der Waals surface area (Å²) in [7, 11) is 1.56. The molecule has 0 radical (unpaired) electrons. The molecule has 0 spiro atoms. The van der Waals surface area contributed by atoms with Crippen LogP contribution in [-0.2, 0) is 11.3 Å². The van der Waals surface area contributed by atoms with Gasteiger partial charge in [0.2, 0.25) is 0 Å². The number of hydrogen-bond donors (Lipinski definition) is 1. The average Bonchev–Trinajstić information content (AvgIpc) is 2.76. The zero-order chi connectivity index (χ0) is 17.1. The van der Waals surface area contributed by atoms with Gasteiger partial charge in [-0.05, 0) is 35.9 Å². The van der Waals surface area contributed by atoms with Crippen LogP contribution in [0.25, 0.3) is 0 Å². The van der Waals surface area contributed by atoms with Crippen molar-refractivity contribution >= 4 is 17.6 Å². The van der Waals surface area contributed by atoms with Gasteiger partial charge in [-0.3, -0.25) is 9.69 Å². The summed E-state index contributed by atoms with van der Waals surface area (Å²) < 4.78 is 10.9. The van der Waals surface area contributed by atoms with Crippen molar-refractivity contribution in [2.24, 2.45) is 0 Å². The summed E-state index contributed by atoms with van der Waals surface area (Å²) in [6, 6.07) is 11.8. The van der Waals surface area contributed by atoms with Crippen molar-refractivity contribution in [2.45, 2.75) is 12.6 Å². The third-order valence-corrected chi connectivity index (χ3v) is 4.28. The van der Waals surface area contributed by atoms with Crippen LogP contribution < -0.4 is 9.47 Å². The van der Waals surface area contributed by atoms with Crippen LogP contribution in [0.5, 0.6) is 11.5 Å². The van der Waals surface area contributed by atoms with Gasteiger partial charge < -0.3 is 14.6 Å². The van der Waals surface area contributed by atoms with Gasteiger partial charge in [0.15, 0.2) is 0 Å². The van der Waals surface area contributed by atoms with Crippen molar-refractivity contribution in [3.63, 3.8) is 0 Å². The van der Waals surface area contributed by atoms with Crippen LogP contribution in [0.4, 0.5) is 0 Å². The number of halogens is 1. The number of hydrogen-bond acceptors (Lipinski definition) is 4. The van der Waals surface area contributed by atoms with E-state index in [0.717, 1.165) is 11.3 Å². The van der Waals surface area contributed by atoms with E-state index in [1.807, 2.05) is 17.0 Å². The molecule has 1 heterocycles. The first-order valence-electron chi connectivity index (χ1n) is 7.60. The van der Waals surface area contributed by atoms with Crippen molar-refractivity contribution in [2.75, 3.05) is 20.3 Å². The summed E-state index contributed by atoms with van der Waals surface area (Å²) in [5.41, 5.74) is 1.56. The van der Waals surface area contributed by atoms with Gasteiger partial charge in [-0.15, -0.1) is 0 Å². The highest BCUT2D eigenvalue weighted by atomic mass is 35.5. The highest BCUT2D eigenvalue weighted by molar-refractivity contribution is 6.30. The Morgan fingerprint density at radius 1 is 1.33 bits per heavy atom. The molecule has 3 rings (SSSR count). The van der Waals surface area contributed by atoms with Crippen LogP contribution in [-0.4, -0.2) is 36.2 Å². The predicted molar refractivity (Wildman–Crippen MR) is 90.7 cm³/mol. The Morgan fingerprint density at radius 3 is 2.92 bits per heavy atom. The van der Waals surface area contributed by atoms with Gasteiger partial charge in [0.25, 0.3) is 0 Å². The lowest BCUT2D eigenvalue weighted by Crippen LogP contribution is -2.35. The van der Waals surface area contributed by atoms with Crippen molar-refractivity contribution in [1.29, 1.82) is 0 Å². The molecule has 126 valence electrons. The second-order valence-corrected chi connectivity index (χ2v) is 6.02. The van der Waals surface area contributed by atoms with Gasteiger partial charge in [-0.1, -0.05) is 23.7 Å². The molecule has 0 fully saturated rings. The molecule has 1 unspecified atom stereocenters. The number of fused-ring (bicyclic) bond motifs is 1. The minimum absolute atomic E-state index is 0.419. The molecule has 1 N–H and O–H groups in total. The van der Waals surface area contributed by atoms with Crippen molar-refractivity contribution < 1.29 is 19.4 Å². The molecule has 24 heavy (non-hydrogen) atoms. The molecule has 0 saturated heterocycles. The number of rotatable bonds is 4. The minimum Gasteiger partial charge on any atom is -0.497 e. The smallest absolute Gasteiger partial charge is 0.325 e. The van der Waals surface area contributed by atoms with Gasteiger partial charge in [-0.25, -0.2) is 0 Å². The lowest BCUT2D eigenvalue weighted by molar-refractivity contribution is -0.144. The van der Waals surface area contributed by atoms with E-state index in [9.17, 15) is 9.90 Å². The quantitative estimate of drug-likeness (QED) is 0.919. The van der Waals surface area contributed by atoms with Gasteiger partial charge >= 0.3 is 5.97 Å². The second-order valence-electron chi connectivity index (χ2n) is 5.59. The zero-order valence-electron chi connectivity index (χ0n) is 13.2. The minimum atomic E-state index is -0.909. The Balaban J connectivity index is 1.95. The van der Waals surface area contributed by atoms with Gasteiger partial charge in [0, 0.05) is 23.7 Å². The molecule has 2 aromatic carbocycles. The third-order valence-electron chi connectivity index (χ3n) is 4.04. The summed E-state index contributed by atoms with van der Waals surface area (Å²) in [5, 5.41) is 10.4. The monoisotopic (exact) mass is 347 g/mol. The molecule has 1 atom stereocenters. The highest BCUT2D eigenvalue weighted by Gasteiger charge is 2.30. The Hall–Kier alpha value is -2.24. The molecule has 0 bridgehead atoms. The number of benzene rings is 2. The van der Waals surface area contributed by atoms with Crippen LogP contribution in [0.1, 0.15) is 17.2 Å². The standard InChI is InChI=1S/C18H18ClNO4/c1-23-15-4-2-3-12(10-15)17(18(21)22)20-7-8-24-16-6-5-14(19)9-13(16)11-20/h2-6,9-10,17H,7-8,11H2,1H3,(H,21,22). The molecular weight excluding hydrogens is 330 g/mol. The van der Waals surface area contributed by atoms with Gasteiger partial charge in [0.05, 0.1) is 7.11 Å². The molecule has 2 aromatic rings. The fourth-order valence-electron chi connectivity index (χ4n) is 2.92. The molecular formula is C18H18ClNO4. The summed E-state index contributed by atoms with van der Waals surface area (Å²) in [6.45, 7) is 1.37. The summed E-state index contributed by atoms with van der Waals surface area (Å²) >= 11 is 6.07. The van der Waals surface area contributed by atoms with Crippen LogP contribution in [0.2, 0.25) is 5.02 Å². The average molecular weight is 348 g/mol. The maximum Gasteiger partial charge on any atom is 0.325 e. The molecule has 6 heteroatoms. The summed E-state index contributed by atoms with van der Waals surface area (Å²) in [6.07, 6.45) is 0. The maximum absolute atomic E-state index is 11.9. The first-order chi connectivity index (χ1) is 11.6. The van der Waals surface area contributed by atoms with Crippen LogP contribution in [0.3, 0.4) is 0 Å². The summed E-state index contributed by atoms with van der Waals surface area (Å²) in [5.74, 6) is 0.471. The number of aliphatic carboxylic acids is 1. The van der Waals surface area contributed by atoms with Crippen molar-refractivity contribution in [3.05, 3.63) is 58.6 Å². The molecule has 1 aliphatic rings. The lowest BCUT2D eigenvalue weighted by atomic mass is 10.0. The fraction of sp³-hybridized carbons (Fsp3) is 0.278. The normalized spacial score (nSPS) is 15.8. The number of carboxylic acids is 1. The van der Waals surface area contributed by atoms with E-state index in [0.29, 0.717) is 36.0 Å². The van der Waals surface area contributed by atoms with Crippen molar-refractivity contribution in [1.82, 2.24) is 4.90 Å². The SMILES string of the molecule is COc1cccc(C(C(=O)O)N2CCOc3ccc(Cl)cc3C2)c1. The zero-order valence-corrected chi connectivity index (χ0v) is 14.0. The Labute approximate surface area is 145 Å². The molecule has 5 nitrogen and oxygen atoms in total. The second kappa shape index (κ2) is 7.11. The van der Waals surface area contributed by atoms with E-state index in [4.69, 9.17) is 21.1 Å². The first kappa shape index (κ1) is 16.6. The fourth-order valence-corrected chi connectivity index (χ4v) is 3.12. The molecule has 0 aliphatic carbocycles. The highest BCUT2D eigenvalue weighted by Crippen LogP contribution is 2.31.